The molecule has 0 rings (SSSR count). The van der Waals surface area contributed by atoms with Crippen LogP contribution in [-0.4, -0.2) is 13.1 Å². The Morgan fingerprint density at radius 1 is 1.73 bits per heavy atom. The van der Waals surface area contributed by atoms with Gasteiger partial charge < -0.3 is 4.74 Å². The van der Waals surface area contributed by atoms with Gasteiger partial charge in [0, 0.05) is 12.5 Å². The van der Waals surface area contributed by atoms with Crippen molar-refractivity contribution in [2.45, 2.75) is 19.3 Å². The molecule has 0 fully saturated rings. The third kappa shape index (κ3) is 6.66. The van der Waals surface area contributed by atoms with Crippen molar-refractivity contribution < 1.29 is 9.53 Å². The number of allylic oxidation sites excluding steroid dienone is 1. The quantitative estimate of drug-likeness (QED) is 0.264. The monoisotopic (exact) mass is 152 g/mol. The van der Waals surface area contributed by atoms with E-state index in [4.69, 9.17) is 6.42 Å². The third-order valence-corrected chi connectivity index (χ3v) is 1.15. The van der Waals surface area contributed by atoms with Crippen molar-refractivity contribution in [1.82, 2.24) is 0 Å². The van der Waals surface area contributed by atoms with E-state index in [9.17, 15) is 4.79 Å². The largest absolute Gasteiger partial charge is 0.466 e. The summed E-state index contributed by atoms with van der Waals surface area (Å²) in [5.41, 5.74) is 0. The Morgan fingerprint density at radius 2 is 2.45 bits per heavy atom. The number of unbranched alkanes of at least 4 members (excludes halogenated alkanes) is 2. The Balaban J connectivity index is 3.31. The highest BCUT2D eigenvalue weighted by atomic mass is 16.5. The molecule has 0 amide bonds. The van der Waals surface area contributed by atoms with Crippen LogP contribution in [-0.2, 0) is 9.53 Å². The van der Waals surface area contributed by atoms with Gasteiger partial charge in [0.15, 0.2) is 0 Å². The van der Waals surface area contributed by atoms with Crippen LogP contribution in [0.4, 0.5) is 0 Å². The highest BCUT2D eigenvalue weighted by Crippen LogP contribution is 1.94. The first-order valence-electron chi connectivity index (χ1n) is 3.49. The van der Waals surface area contributed by atoms with E-state index in [0.717, 1.165) is 19.3 Å². The van der Waals surface area contributed by atoms with Gasteiger partial charge in [-0.2, -0.15) is 0 Å². The zero-order valence-corrected chi connectivity index (χ0v) is 6.67. The zero-order valence-electron chi connectivity index (χ0n) is 6.67. The van der Waals surface area contributed by atoms with Crippen LogP contribution >= 0.6 is 0 Å². The third-order valence-electron chi connectivity index (χ3n) is 1.15. The van der Waals surface area contributed by atoms with Crippen molar-refractivity contribution in [1.29, 1.82) is 0 Å². The highest BCUT2D eigenvalue weighted by Gasteiger charge is 1.88. The van der Waals surface area contributed by atoms with E-state index in [-0.39, 0.29) is 5.97 Å². The molecule has 0 aliphatic heterocycles. The van der Waals surface area contributed by atoms with Gasteiger partial charge in [-0.3, -0.25) is 0 Å². The van der Waals surface area contributed by atoms with Gasteiger partial charge in [-0.15, -0.1) is 12.3 Å². The Labute approximate surface area is 67.2 Å². The number of carbonyl (C=O) groups is 1. The summed E-state index contributed by atoms with van der Waals surface area (Å²) in [6, 6.07) is 0. The van der Waals surface area contributed by atoms with Crippen molar-refractivity contribution in [2.24, 2.45) is 0 Å². The van der Waals surface area contributed by atoms with Gasteiger partial charge in [-0.05, 0) is 12.8 Å². The van der Waals surface area contributed by atoms with Crippen LogP contribution in [0, 0.1) is 12.3 Å². The minimum absolute atomic E-state index is 0.314. The van der Waals surface area contributed by atoms with E-state index in [1.165, 1.54) is 13.2 Å². The second-order valence-corrected chi connectivity index (χ2v) is 2.02. The maximum Gasteiger partial charge on any atom is 0.330 e. The number of rotatable bonds is 4. The molecule has 0 saturated carbocycles. The van der Waals surface area contributed by atoms with Crippen LogP contribution in [0.15, 0.2) is 12.2 Å². The Hall–Kier alpha value is -1.23. The van der Waals surface area contributed by atoms with E-state index >= 15 is 0 Å². The van der Waals surface area contributed by atoms with Crippen LogP contribution in [0.5, 0.6) is 0 Å². The summed E-state index contributed by atoms with van der Waals surface area (Å²) in [5.74, 6) is 2.21. The first-order valence-corrected chi connectivity index (χ1v) is 3.49. The van der Waals surface area contributed by atoms with Crippen LogP contribution < -0.4 is 0 Å². The van der Waals surface area contributed by atoms with E-state index in [1.54, 1.807) is 6.08 Å². The normalized spacial score (nSPS) is 9.45. The van der Waals surface area contributed by atoms with Crippen LogP contribution in [0.25, 0.3) is 0 Å². The summed E-state index contributed by atoms with van der Waals surface area (Å²) in [6.07, 6.45) is 10.7. The van der Waals surface area contributed by atoms with Gasteiger partial charge in [-0.25, -0.2) is 4.79 Å². The highest BCUT2D eigenvalue weighted by molar-refractivity contribution is 5.81. The van der Waals surface area contributed by atoms with Crippen molar-refractivity contribution in [3.05, 3.63) is 12.2 Å². The molecule has 0 N–H and O–H groups in total. The van der Waals surface area contributed by atoms with Crippen LogP contribution in [0.3, 0.4) is 0 Å². The molecule has 0 aliphatic carbocycles. The van der Waals surface area contributed by atoms with Crippen molar-refractivity contribution in [2.75, 3.05) is 7.11 Å². The lowest BCUT2D eigenvalue weighted by Crippen LogP contribution is -1.93. The first-order chi connectivity index (χ1) is 5.31. The van der Waals surface area contributed by atoms with Gasteiger partial charge in [0.2, 0.25) is 0 Å². The molecule has 0 heterocycles. The molecule has 2 heteroatoms. The van der Waals surface area contributed by atoms with Gasteiger partial charge in [-0.1, -0.05) is 6.08 Å². The van der Waals surface area contributed by atoms with Crippen LogP contribution in [0.2, 0.25) is 0 Å². The molecule has 0 aliphatic rings. The van der Waals surface area contributed by atoms with E-state index in [1.807, 2.05) is 0 Å². The Bertz CT molecular complexity index is 174. The summed E-state index contributed by atoms with van der Waals surface area (Å²) >= 11 is 0. The number of ether oxygens (including phenoxy) is 1. The summed E-state index contributed by atoms with van der Waals surface area (Å²) in [6.45, 7) is 0. The lowest BCUT2D eigenvalue weighted by Gasteiger charge is -1.89. The summed E-state index contributed by atoms with van der Waals surface area (Å²) in [7, 11) is 1.36. The molecule has 0 aromatic carbocycles. The molecular weight excluding hydrogens is 140 g/mol. The Morgan fingerprint density at radius 3 is 3.00 bits per heavy atom. The number of terminal acetylenes is 1. The average Bonchev–Trinajstić information content (AvgIpc) is 2.04. The molecule has 2 nitrogen and oxygen atoms in total. The lowest BCUT2D eigenvalue weighted by atomic mass is 10.2. The Kier molecular flexibility index (Phi) is 6.11. The second-order valence-electron chi connectivity index (χ2n) is 2.02. The molecule has 0 saturated heterocycles. The fourth-order valence-corrected chi connectivity index (χ4v) is 0.570. The topological polar surface area (TPSA) is 26.3 Å². The molecule has 0 radical (unpaired) electrons. The van der Waals surface area contributed by atoms with Gasteiger partial charge in [0.05, 0.1) is 7.11 Å². The maximum atomic E-state index is 10.5. The van der Waals surface area contributed by atoms with Crippen molar-refractivity contribution >= 4 is 5.97 Å². The van der Waals surface area contributed by atoms with E-state index in [0.29, 0.717) is 0 Å². The molecular formula is C9H12O2. The fraction of sp³-hybridized carbons (Fsp3) is 0.444. The summed E-state index contributed by atoms with van der Waals surface area (Å²) < 4.78 is 4.39. The minimum Gasteiger partial charge on any atom is -0.466 e. The summed E-state index contributed by atoms with van der Waals surface area (Å²) in [5, 5.41) is 0. The first kappa shape index (κ1) is 9.77. The molecule has 0 bridgehead atoms. The smallest absolute Gasteiger partial charge is 0.330 e. The van der Waals surface area contributed by atoms with Gasteiger partial charge in [0.1, 0.15) is 0 Å². The fourth-order valence-electron chi connectivity index (χ4n) is 0.570. The van der Waals surface area contributed by atoms with Gasteiger partial charge >= 0.3 is 5.97 Å². The van der Waals surface area contributed by atoms with Gasteiger partial charge in [0.25, 0.3) is 0 Å². The maximum absolute atomic E-state index is 10.5. The number of esters is 1. The van der Waals surface area contributed by atoms with E-state index in [2.05, 4.69) is 10.7 Å². The van der Waals surface area contributed by atoms with Crippen molar-refractivity contribution in [3.8, 4) is 12.3 Å². The summed E-state index contributed by atoms with van der Waals surface area (Å²) in [4.78, 5) is 10.5. The van der Waals surface area contributed by atoms with Crippen molar-refractivity contribution in [3.63, 3.8) is 0 Å². The lowest BCUT2D eigenvalue weighted by molar-refractivity contribution is -0.134. The molecule has 60 valence electrons. The number of hydrogen-bond donors (Lipinski definition) is 0. The second kappa shape index (κ2) is 6.88. The zero-order chi connectivity index (χ0) is 8.53. The standard InChI is InChI=1S/C9H12O2/c1-3-4-5-6-7-8-9(10)11-2/h1,7-8H,4-6H2,2H3/b8-7+. The molecule has 0 unspecified atom stereocenters. The van der Waals surface area contributed by atoms with E-state index < -0.39 is 0 Å². The molecule has 11 heavy (non-hydrogen) atoms. The number of carbonyl (C=O) groups excluding carboxylic acids is 1. The SMILES string of the molecule is C#CCCC/C=C/C(=O)OC. The molecule has 0 aromatic rings. The number of methoxy groups -OCH3 is 1. The molecule has 0 spiro atoms. The molecule has 0 aromatic heterocycles. The van der Waals surface area contributed by atoms with Crippen LogP contribution in [0.1, 0.15) is 19.3 Å². The minimum atomic E-state index is -0.314. The number of hydrogen-bond acceptors (Lipinski definition) is 2. The average molecular weight is 152 g/mol. The predicted octanol–water partition coefficient (Wildman–Crippen LogP) is 1.52. The molecule has 0 atom stereocenters. The predicted molar refractivity (Wildman–Crippen MR) is 43.8 cm³/mol.